The zero-order chi connectivity index (χ0) is 26.3. The molecule has 9 nitrogen and oxygen atoms in total. The van der Waals surface area contributed by atoms with E-state index in [0.29, 0.717) is 39.1 Å². The normalized spacial score (nSPS) is 14.5. The SMILES string of the molecule is COc1ccc(N2CCN(Cc3nc4c(c(=O)n(C)c(=O)n4C)n3Cc3c(Cl)cccc3Cl)CC2)cc1. The number of imidazole rings is 1. The molecule has 3 heterocycles. The number of benzene rings is 2. The molecule has 5 rings (SSSR count). The molecule has 0 N–H and O–H groups in total. The second kappa shape index (κ2) is 10.2. The van der Waals surface area contributed by atoms with Gasteiger partial charge in [-0.1, -0.05) is 29.3 Å². The maximum absolute atomic E-state index is 13.2. The Kier molecular flexibility index (Phi) is 7.02. The van der Waals surface area contributed by atoms with Crippen LogP contribution in [-0.2, 0) is 27.2 Å². The zero-order valence-corrected chi connectivity index (χ0v) is 22.5. The maximum Gasteiger partial charge on any atom is 0.332 e. The molecule has 0 saturated carbocycles. The molecule has 0 bridgehead atoms. The van der Waals surface area contributed by atoms with E-state index in [9.17, 15) is 9.59 Å². The number of piperazine rings is 1. The van der Waals surface area contributed by atoms with Crippen LogP contribution in [0.15, 0.2) is 52.1 Å². The number of anilines is 1. The first-order chi connectivity index (χ1) is 17.8. The minimum Gasteiger partial charge on any atom is -0.497 e. The summed E-state index contributed by atoms with van der Waals surface area (Å²) in [5.74, 6) is 1.52. The molecule has 11 heteroatoms. The van der Waals surface area contributed by atoms with Crippen LogP contribution in [0.5, 0.6) is 5.75 Å². The molecule has 1 aliphatic rings. The van der Waals surface area contributed by atoms with Crippen molar-refractivity contribution in [1.29, 1.82) is 0 Å². The Morgan fingerprint density at radius 3 is 2.16 bits per heavy atom. The van der Waals surface area contributed by atoms with Crippen molar-refractivity contribution in [2.24, 2.45) is 14.1 Å². The van der Waals surface area contributed by atoms with Crippen molar-refractivity contribution in [1.82, 2.24) is 23.6 Å². The number of aryl methyl sites for hydroxylation is 1. The highest BCUT2D eigenvalue weighted by atomic mass is 35.5. The number of nitrogens with zero attached hydrogens (tertiary/aromatic N) is 6. The second-order valence-corrected chi connectivity index (χ2v) is 9.97. The van der Waals surface area contributed by atoms with E-state index in [2.05, 4.69) is 21.9 Å². The Morgan fingerprint density at radius 1 is 0.892 bits per heavy atom. The summed E-state index contributed by atoms with van der Waals surface area (Å²) in [7, 11) is 4.76. The summed E-state index contributed by atoms with van der Waals surface area (Å²) in [6, 6.07) is 13.4. The average Bonchev–Trinajstić information content (AvgIpc) is 3.26. The number of aromatic nitrogens is 4. The van der Waals surface area contributed by atoms with Crippen LogP contribution in [0.1, 0.15) is 11.4 Å². The molecule has 194 valence electrons. The summed E-state index contributed by atoms with van der Waals surface area (Å²) >= 11 is 13.0. The fourth-order valence-corrected chi connectivity index (χ4v) is 5.30. The van der Waals surface area contributed by atoms with Crippen LogP contribution in [0, 0.1) is 0 Å². The van der Waals surface area contributed by atoms with Crippen LogP contribution < -0.4 is 20.9 Å². The molecule has 37 heavy (non-hydrogen) atoms. The van der Waals surface area contributed by atoms with Gasteiger partial charge < -0.3 is 14.2 Å². The lowest BCUT2D eigenvalue weighted by Gasteiger charge is -2.36. The molecule has 0 radical (unpaired) electrons. The first kappa shape index (κ1) is 25.4. The lowest BCUT2D eigenvalue weighted by molar-refractivity contribution is 0.241. The summed E-state index contributed by atoms with van der Waals surface area (Å²) in [5.41, 5.74) is 1.74. The van der Waals surface area contributed by atoms with Crippen LogP contribution in [0.4, 0.5) is 5.69 Å². The Labute approximate surface area is 224 Å². The number of hydrogen-bond donors (Lipinski definition) is 0. The van der Waals surface area contributed by atoms with E-state index in [1.807, 2.05) is 16.7 Å². The number of halogens is 2. The van der Waals surface area contributed by atoms with Gasteiger partial charge in [0, 0.05) is 61.6 Å². The topological polar surface area (TPSA) is 77.5 Å². The highest BCUT2D eigenvalue weighted by molar-refractivity contribution is 6.36. The third-order valence-corrected chi connectivity index (χ3v) is 7.69. The summed E-state index contributed by atoms with van der Waals surface area (Å²) in [5, 5.41) is 1.02. The third-order valence-electron chi connectivity index (χ3n) is 6.98. The summed E-state index contributed by atoms with van der Waals surface area (Å²) in [6.07, 6.45) is 0. The standard InChI is InChI=1S/C26H28Cl2N6O3/c1-30-24-23(25(35)31(2)26(30)36)34(15-19-20(27)5-4-6-21(19)28)22(29-24)16-32-11-13-33(14-12-32)17-7-9-18(37-3)10-8-17/h4-10H,11-16H2,1-3H3. The fraction of sp³-hybridized carbons (Fsp3) is 0.346. The molecule has 0 atom stereocenters. The average molecular weight is 543 g/mol. The van der Waals surface area contributed by atoms with Gasteiger partial charge in [0.25, 0.3) is 5.56 Å². The molecule has 4 aromatic rings. The molecule has 0 unspecified atom stereocenters. The van der Waals surface area contributed by atoms with Gasteiger partial charge in [0.2, 0.25) is 0 Å². The minimum atomic E-state index is -0.419. The van der Waals surface area contributed by atoms with Gasteiger partial charge in [-0.3, -0.25) is 18.8 Å². The predicted molar refractivity (Wildman–Crippen MR) is 146 cm³/mol. The fourth-order valence-electron chi connectivity index (χ4n) is 4.78. The van der Waals surface area contributed by atoms with Crippen molar-refractivity contribution in [3.8, 4) is 5.75 Å². The van der Waals surface area contributed by atoms with Crippen LogP contribution in [-0.4, -0.2) is 56.9 Å². The molecule has 2 aromatic heterocycles. The smallest absolute Gasteiger partial charge is 0.332 e. The molecule has 0 aliphatic carbocycles. The van der Waals surface area contributed by atoms with Crippen molar-refractivity contribution in [3.63, 3.8) is 0 Å². The molecular weight excluding hydrogens is 515 g/mol. The molecule has 0 amide bonds. The molecule has 1 aliphatic heterocycles. The first-order valence-corrected chi connectivity index (χ1v) is 12.7. The molecular formula is C26H28Cl2N6O3. The molecule has 0 spiro atoms. The maximum atomic E-state index is 13.2. The van der Waals surface area contributed by atoms with Crippen molar-refractivity contribution in [2.75, 3.05) is 38.2 Å². The Bertz CT molecular complexity index is 1550. The van der Waals surface area contributed by atoms with Crippen molar-refractivity contribution < 1.29 is 4.74 Å². The van der Waals surface area contributed by atoms with E-state index >= 15 is 0 Å². The summed E-state index contributed by atoms with van der Waals surface area (Å²) in [6.45, 7) is 4.12. The van der Waals surface area contributed by atoms with E-state index in [4.69, 9.17) is 32.9 Å². The van der Waals surface area contributed by atoms with Crippen LogP contribution in [0.25, 0.3) is 11.2 Å². The second-order valence-electron chi connectivity index (χ2n) is 9.15. The molecule has 2 aromatic carbocycles. The number of ether oxygens (including phenoxy) is 1. The Hall–Kier alpha value is -3.27. The number of fused-ring (bicyclic) bond motifs is 1. The number of methoxy groups -OCH3 is 1. The quantitative estimate of drug-likeness (QED) is 0.372. The monoisotopic (exact) mass is 542 g/mol. The summed E-state index contributed by atoms with van der Waals surface area (Å²) in [4.78, 5) is 35.2. The molecule has 1 fully saturated rings. The number of rotatable bonds is 6. The Morgan fingerprint density at radius 2 is 1.54 bits per heavy atom. The van der Waals surface area contributed by atoms with Gasteiger partial charge in [0.1, 0.15) is 11.6 Å². The first-order valence-electron chi connectivity index (χ1n) is 12.0. The minimum absolute atomic E-state index is 0.267. The van der Waals surface area contributed by atoms with Crippen molar-refractivity contribution in [2.45, 2.75) is 13.1 Å². The van der Waals surface area contributed by atoms with E-state index in [1.165, 1.54) is 11.6 Å². The van der Waals surface area contributed by atoms with E-state index in [1.54, 1.807) is 32.4 Å². The van der Waals surface area contributed by atoms with Gasteiger partial charge in [-0.2, -0.15) is 0 Å². The van der Waals surface area contributed by atoms with Crippen LogP contribution >= 0.6 is 23.2 Å². The van der Waals surface area contributed by atoms with Crippen LogP contribution in [0.3, 0.4) is 0 Å². The van der Waals surface area contributed by atoms with E-state index in [0.717, 1.165) is 42.2 Å². The van der Waals surface area contributed by atoms with Gasteiger partial charge in [-0.05, 0) is 36.4 Å². The van der Waals surface area contributed by atoms with Gasteiger partial charge in [0.05, 0.1) is 20.2 Å². The van der Waals surface area contributed by atoms with Gasteiger partial charge >= 0.3 is 5.69 Å². The predicted octanol–water partition coefficient (Wildman–Crippen LogP) is 3.12. The molecule has 1 saturated heterocycles. The lowest BCUT2D eigenvalue weighted by Crippen LogP contribution is -2.46. The van der Waals surface area contributed by atoms with Gasteiger partial charge in [-0.25, -0.2) is 9.78 Å². The largest absolute Gasteiger partial charge is 0.497 e. The van der Waals surface area contributed by atoms with Crippen LogP contribution in [0.2, 0.25) is 10.0 Å². The zero-order valence-electron chi connectivity index (χ0n) is 20.9. The van der Waals surface area contributed by atoms with Crippen molar-refractivity contribution >= 4 is 40.1 Å². The van der Waals surface area contributed by atoms with Crippen molar-refractivity contribution in [3.05, 3.63) is 84.7 Å². The number of hydrogen-bond acceptors (Lipinski definition) is 6. The summed E-state index contributed by atoms with van der Waals surface area (Å²) < 4.78 is 9.63. The third kappa shape index (κ3) is 4.74. The van der Waals surface area contributed by atoms with Gasteiger partial charge in [-0.15, -0.1) is 0 Å². The Balaban J connectivity index is 1.47. The highest BCUT2D eigenvalue weighted by Gasteiger charge is 2.24. The highest BCUT2D eigenvalue weighted by Crippen LogP contribution is 2.27. The lowest BCUT2D eigenvalue weighted by atomic mass is 10.2. The van der Waals surface area contributed by atoms with Gasteiger partial charge in [0.15, 0.2) is 11.2 Å². The van der Waals surface area contributed by atoms with E-state index in [-0.39, 0.29) is 6.54 Å². The van der Waals surface area contributed by atoms with E-state index < -0.39 is 11.2 Å².